The average molecular weight is 317 g/mol. The van der Waals surface area contributed by atoms with Gasteiger partial charge in [0.15, 0.2) is 0 Å². The van der Waals surface area contributed by atoms with Crippen LogP contribution in [-0.4, -0.2) is 46.9 Å². The summed E-state index contributed by atoms with van der Waals surface area (Å²) in [4.78, 5) is 27.9. The molecule has 0 saturated carbocycles. The lowest BCUT2D eigenvalue weighted by atomic mass is 10.0. The summed E-state index contributed by atoms with van der Waals surface area (Å²) in [6.45, 7) is 9.13. The maximum atomic E-state index is 12.7. The molecular formula is C18H27N3O2. The zero-order valence-corrected chi connectivity index (χ0v) is 14.5. The van der Waals surface area contributed by atoms with Crippen molar-refractivity contribution in [2.24, 2.45) is 0 Å². The van der Waals surface area contributed by atoms with Crippen molar-refractivity contribution in [3.63, 3.8) is 0 Å². The highest BCUT2D eigenvalue weighted by Crippen LogP contribution is 2.21. The summed E-state index contributed by atoms with van der Waals surface area (Å²) in [5, 5.41) is 3.00. The summed E-state index contributed by atoms with van der Waals surface area (Å²) < 4.78 is 0. The van der Waals surface area contributed by atoms with E-state index in [2.05, 4.69) is 5.32 Å². The number of nitrogens with one attached hydrogen (secondary N) is 1. The number of hydrogen-bond donors (Lipinski definition) is 1. The van der Waals surface area contributed by atoms with Crippen molar-refractivity contribution >= 4 is 17.6 Å². The summed E-state index contributed by atoms with van der Waals surface area (Å²) in [6, 6.07) is 8.05. The van der Waals surface area contributed by atoms with E-state index in [9.17, 15) is 9.59 Å². The second-order valence-corrected chi connectivity index (χ2v) is 6.54. The first-order valence-electron chi connectivity index (χ1n) is 8.30. The molecule has 3 amide bonds. The average Bonchev–Trinajstić information content (AvgIpc) is 2.47. The van der Waals surface area contributed by atoms with Crippen LogP contribution >= 0.6 is 0 Å². The van der Waals surface area contributed by atoms with Crippen LogP contribution in [0.5, 0.6) is 0 Å². The molecule has 5 nitrogen and oxygen atoms in total. The van der Waals surface area contributed by atoms with E-state index < -0.39 is 0 Å². The van der Waals surface area contributed by atoms with Gasteiger partial charge in [0.1, 0.15) is 0 Å². The Kier molecular flexibility index (Phi) is 5.64. The maximum absolute atomic E-state index is 12.7. The van der Waals surface area contributed by atoms with Crippen LogP contribution in [-0.2, 0) is 4.79 Å². The van der Waals surface area contributed by atoms with Gasteiger partial charge in [0, 0.05) is 37.8 Å². The Morgan fingerprint density at radius 3 is 2.43 bits per heavy atom. The molecule has 5 heteroatoms. The molecule has 2 rings (SSSR count). The third-order valence-corrected chi connectivity index (χ3v) is 4.36. The molecule has 1 N–H and O–H groups in total. The molecule has 0 radical (unpaired) electrons. The number of urea groups is 1. The van der Waals surface area contributed by atoms with Gasteiger partial charge in [-0.2, -0.15) is 0 Å². The van der Waals surface area contributed by atoms with Crippen molar-refractivity contribution in [3.05, 3.63) is 29.8 Å². The standard InChI is InChI=1S/C18H27N3O2/c1-13(2)21(17-8-10-20(11-9-17)15(4)22)18(23)19-16-7-5-6-14(3)12-16/h5-7,12-13,17H,8-11H2,1-4H3,(H,19,23). The molecule has 1 aromatic rings. The van der Waals surface area contributed by atoms with E-state index in [1.165, 1.54) is 0 Å². The molecule has 0 bridgehead atoms. The Balaban J connectivity index is 2.03. The van der Waals surface area contributed by atoms with Gasteiger partial charge in [0.25, 0.3) is 0 Å². The number of nitrogens with zero attached hydrogens (tertiary/aromatic N) is 2. The normalized spacial score (nSPS) is 15.6. The molecule has 0 spiro atoms. The predicted octanol–water partition coefficient (Wildman–Crippen LogP) is 3.25. The van der Waals surface area contributed by atoms with Crippen molar-refractivity contribution < 1.29 is 9.59 Å². The Hall–Kier alpha value is -2.04. The van der Waals surface area contributed by atoms with Gasteiger partial charge in [-0.15, -0.1) is 0 Å². The van der Waals surface area contributed by atoms with Gasteiger partial charge in [0.05, 0.1) is 0 Å². The maximum Gasteiger partial charge on any atom is 0.322 e. The van der Waals surface area contributed by atoms with Crippen LogP contribution in [0.25, 0.3) is 0 Å². The zero-order chi connectivity index (χ0) is 17.0. The van der Waals surface area contributed by atoms with Gasteiger partial charge in [-0.3, -0.25) is 4.79 Å². The minimum absolute atomic E-state index is 0.0631. The predicted molar refractivity (Wildman–Crippen MR) is 92.4 cm³/mol. The number of aryl methyl sites for hydroxylation is 1. The molecule has 1 heterocycles. The molecular weight excluding hydrogens is 290 g/mol. The molecule has 1 saturated heterocycles. The van der Waals surface area contributed by atoms with Crippen LogP contribution in [0, 0.1) is 6.92 Å². The molecule has 1 aliphatic rings. The van der Waals surface area contributed by atoms with Crippen molar-refractivity contribution in [1.82, 2.24) is 9.80 Å². The molecule has 126 valence electrons. The van der Waals surface area contributed by atoms with Crippen LogP contribution in [0.15, 0.2) is 24.3 Å². The van der Waals surface area contributed by atoms with E-state index in [1.54, 1.807) is 6.92 Å². The highest BCUT2D eigenvalue weighted by atomic mass is 16.2. The van der Waals surface area contributed by atoms with Gasteiger partial charge in [0.2, 0.25) is 5.91 Å². The van der Waals surface area contributed by atoms with E-state index in [4.69, 9.17) is 0 Å². The fourth-order valence-corrected chi connectivity index (χ4v) is 3.19. The van der Waals surface area contributed by atoms with E-state index in [0.29, 0.717) is 0 Å². The molecule has 23 heavy (non-hydrogen) atoms. The lowest BCUT2D eigenvalue weighted by Gasteiger charge is -2.40. The number of carbonyl (C=O) groups is 2. The number of likely N-dealkylation sites (tertiary alicyclic amines) is 1. The first-order chi connectivity index (χ1) is 10.9. The molecule has 0 aromatic heterocycles. The minimum Gasteiger partial charge on any atom is -0.343 e. The topological polar surface area (TPSA) is 52.7 Å². The molecule has 1 aromatic carbocycles. The smallest absolute Gasteiger partial charge is 0.322 e. The van der Waals surface area contributed by atoms with E-state index >= 15 is 0 Å². The highest BCUT2D eigenvalue weighted by molar-refractivity contribution is 5.89. The summed E-state index contributed by atoms with van der Waals surface area (Å²) in [6.07, 6.45) is 1.66. The van der Waals surface area contributed by atoms with Gasteiger partial charge in [-0.1, -0.05) is 12.1 Å². The van der Waals surface area contributed by atoms with Gasteiger partial charge >= 0.3 is 6.03 Å². The first-order valence-corrected chi connectivity index (χ1v) is 8.30. The van der Waals surface area contributed by atoms with Crippen LogP contribution in [0.3, 0.4) is 0 Å². The summed E-state index contributed by atoms with van der Waals surface area (Å²) >= 11 is 0. The van der Waals surface area contributed by atoms with Gasteiger partial charge in [-0.25, -0.2) is 4.79 Å². The molecule has 1 aliphatic heterocycles. The fourth-order valence-electron chi connectivity index (χ4n) is 3.19. The summed E-state index contributed by atoms with van der Waals surface area (Å²) in [7, 11) is 0. The van der Waals surface area contributed by atoms with Crippen molar-refractivity contribution in [2.45, 2.75) is 52.6 Å². The Morgan fingerprint density at radius 1 is 1.26 bits per heavy atom. The second kappa shape index (κ2) is 7.49. The second-order valence-electron chi connectivity index (χ2n) is 6.54. The minimum atomic E-state index is -0.0631. The highest BCUT2D eigenvalue weighted by Gasteiger charge is 2.30. The largest absolute Gasteiger partial charge is 0.343 e. The Labute approximate surface area is 138 Å². The lowest BCUT2D eigenvalue weighted by molar-refractivity contribution is -0.130. The summed E-state index contributed by atoms with van der Waals surface area (Å²) in [5.74, 6) is 0.115. The van der Waals surface area contributed by atoms with E-state index in [1.807, 2.05) is 54.8 Å². The number of carbonyl (C=O) groups excluding carboxylic acids is 2. The number of benzene rings is 1. The van der Waals surface area contributed by atoms with Crippen molar-refractivity contribution in [1.29, 1.82) is 0 Å². The van der Waals surface area contributed by atoms with E-state index in [-0.39, 0.29) is 24.0 Å². The Morgan fingerprint density at radius 2 is 1.91 bits per heavy atom. The zero-order valence-electron chi connectivity index (χ0n) is 14.5. The van der Waals surface area contributed by atoms with Crippen LogP contribution in [0.4, 0.5) is 10.5 Å². The first kappa shape index (κ1) is 17.3. The lowest BCUT2D eigenvalue weighted by Crippen LogP contribution is -2.52. The molecule has 0 unspecified atom stereocenters. The van der Waals surface area contributed by atoms with Crippen molar-refractivity contribution in [2.75, 3.05) is 18.4 Å². The van der Waals surface area contributed by atoms with Crippen LogP contribution in [0.1, 0.15) is 39.2 Å². The van der Waals surface area contributed by atoms with E-state index in [0.717, 1.165) is 37.2 Å². The number of hydrogen-bond acceptors (Lipinski definition) is 2. The third kappa shape index (κ3) is 4.47. The number of piperidine rings is 1. The molecule has 0 atom stereocenters. The molecule has 0 aliphatic carbocycles. The Bertz CT molecular complexity index is 563. The summed E-state index contributed by atoms with van der Waals surface area (Å²) in [5.41, 5.74) is 1.94. The number of amides is 3. The SMILES string of the molecule is CC(=O)N1CCC(N(C(=O)Nc2cccc(C)c2)C(C)C)CC1. The number of anilines is 1. The quantitative estimate of drug-likeness (QED) is 0.930. The monoisotopic (exact) mass is 317 g/mol. The van der Waals surface area contributed by atoms with Crippen molar-refractivity contribution in [3.8, 4) is 0 Å². The number of rotatable bonds is 3. The molecule has 1 fully saturated rings. The van der Waals surface area contributed by atoms with Crippen LogP contribution in [0.2, 0.25) is 0 Å². The van der Waals surface area contributed by atoms with Gasteiger partial charge < -0.3 is 15.1 Å². The third-order valence-electron chi connectivity index (χ3n) is 4.36. The fraction of sp³-hybridized carbons (Fsp3) is 0.556. The van der Waals surface area contributed by atoms with Crippen LogP contribution < -0.4 is 5.32 Å². The van der Waals surface area contributed by atoms with Gasteiger partial charge in [-0.05, 0) is 51.3 Å².